The predicted molar refractivity (Wildman–Crippen MR) is 181 cm³/mol. The van der Waals surface area contributed by atoms with Gasteiger partial charge in [-0.3, -0.25) is 4.79 Å². The number of hydrogen-bond donors (Lipinski definition) is 1. The van der Waals surface area contributed by atoms with Gasteiger partial charge in [0.2, 0.25) is 0 Å². The van der Waals surface area contributed by atoms with Crippen LogP contribution in [-0.4, -0.2) is 29.6 Å². The van der Waals surface area contributed by atoms with Crippen molar-refractivity contribution in [2.24, 2.45) is 0 Å². The van der Waals surface area contributed by atoms with Crippen molar-refractivity contribution >= 4 is 23.5 Å². The Morgan fingerprint density at radius 3 is 1.98 bits per heavy atom. The molecule has 1 N–H and O–H groups in total. The second kappa shape index (κ2) is 15.9. The number of rotatable bonds is 14. The van der Waals surface area contributed by atoms with E-state index in [1.54, 1.807) is 77.7 Å². The lowest BCUT2D eigenvalue weighted by Gasteiger charge is -2.24. The molecule has 4 aromatic rings. The number of amides is 1. The molecule has 0 heterocycles. The topological polar surface area (TPSA) is 93.1 Å². The van der Waals surface area contributed by atoms with Gasteiger partial charge in [0.15, 0.2) is 0 Å². The summed E-state index contributed by atoms with van der Waals surface area (Å²) in [6.07, 6.45) is 5.82. The van der Waals surface area contributed by atoms with E-state index in [4.69, 9.17) is 9.47 Å². The van der Waals surface area contributed by atoms with E-state index in [1.807, 2.05) is 12.1 Å². The number of unbranched alkanes of at least 4 members (excludes halogenated alkanes) is 4. The van der Waals surface area contributed by atoms with Gasteiger partial charge in [-0.1, -0.05) is 83.7 Å². The number of hydrogen-bond acceptors (Lipinski definition) is 5. The van der Waals surface area contributed by atoms with Crippen molar-refractivity contribution in [2.45, 2.75) is 71.8 Å². The van der Waals surface area contributed by atoms with Gasteiger partial charge in [0, 0.05) is 11.3 Å². The fourth-order valence-corrected chi connectivity index (χ4v) is 4.95. The van der Waals surface area contributed by atoms with Crippen molar-refractivity contribution in [3.05, 3.63) is 125 Å². The van der Waals surface area contributed by atoms with E-state index < -0.39 is 11.9 Å². The fourth-order valence-electron chi connectivity index (χ4n) is 4.95. The molecule has 0 bridgehead atoms. The summed E-state index contributed by atoms with van der Waals surface area (Å²) in [6.45, 7) is 9.34. The van der Waals surface area contributed by atoms with E-state index in [2.05, 4.69) is 27.7 Å². The first-order chi connectivity index (χ1) is 22.0. The van der Waals surface area contributed by atoms with Gasteiger partial charge in [-0.2, -0.15) is 0 Å². The van der Waals surface area contributed by atoms with E-state index >= 15 is 0 Å². The molecule has 4 aromatic carbocycles. The van der Waals surface area contributed by atoms with Gasteiger partial charge < -0.3 is 19.5 Å². The fraction of sp³-hybridized carbons (Fsp3) is 0.308. The number of carboxylic acid groups (broad SMARTS) is 1. The number of esters is 1. The SMILES string of the molecule is CCCCCCCOc1ccc(C(=O)Oc2ccc(CN(C(=O)c3ccc(C(C)(C)C)cc3)c3cccc(C(=O)O)c3)cc2)cc1. The third kappa shape index (κ3) is 9.54. The van der Waals surface area contributed by atoms with Crippen molar-refractivity contribution in [2.75, 3.05) is 11.5 Å². The maximum absolute atomic E-state index is 13.8. The van der Waals surface area contributed by atoms with Crippen molar-refractivity contribution in [1.82, 2.24) is 0 Å². The Bertz CT molecular complexity index is 1600. The van der Waals surface area contributed by atoms with Gasteiger partial charge in [-0.15, -0.1) is 0 Å². The predicted octanol–water partition coefficient (Wildman–Crippen LogP) is 9.10. The van der Waals surface area contributed by atoms with Crippen LogP contribution in [0.3, 0.4) is 0 Å². The molecule has 0 saturated carbocycles. The number of carboxylic acids is 1. The van der Waals surface area contributed by atoms with Crippen molar-refractivity contribution in [3.8, 4) is 11.5 Å². The molecule has 1 amide bonds. The van der Waals surface area contributed by atoms with Crippen LogP contribution in [0, 0.1) is 0 Å². The number of carbonyl (C=O) groups is 3. The maximum Gasteiger partial charge on any atom is 0.343 e. The third-order valence-electron chi connectivity index (χ3n) is 7.73. The first-order valence-corrected chi connectivity index (χ1v) is 15.8. The average Bonchev–Trinajstić information content (AvgIpc) is 3.05. The van der Waals surface area contributed by atoms with Gasteiger partial charge >= 0.3 is 11.9 Å². The van der Waals surface area contributed by atoms with E-state index in [1.165, 1.54) is 31.4 Å². The molecule has 240 valence electrons. The van der Waals surface area contributed by atoms with Crippen LogP contribution in [0.4, 0.5) is 5.69 Å². The Balaban J connectivity index is 1.44. The summed E-state index contributed by atoms with van der Waals surface area (Å²) in [7, 11) is 0. The lowest BCUT2D eigenvalue weighted by atomic mass is 9.86. The zero-order chi connectivity index (χ0) is 33.1. The van der Waals surface area contributed by atoms with E-state index in [0.717, 1.165) is 29.7 Å². The summed E-state index contributed by atoms with van der Waals surface area (Å²) in [5, 5.41) is 9.56. The molecular weight excluding hydrogens is 578 g/mol. The minimum atomic E-state index is -1.07. The molecule has 0 saturated heterocycles. The number of carbonyl (C=O) groups excluding carboxylic acids is 2. The minimum absolute atomic E-state index is 0.0621. The summed E-state index contributed by atoms with van der Waals surface area (Å²) < 4.78 is 11.4. The lowest BCUT2D eigenvalue weighted by Crippen LogP contribution is -2.30. The standard InChI is InChI=1S/C39H43NO6/c1-5-6-7-8-9-25-45-34-23-17-30(18-24-34)38(44)46-35-21-13-28(14-22-35)27-40(33-12-10-11-31(26-33)37(42)43)36(41)29-15-19-32(20-16-29)39(2,3)4/h10-24,26H,5-9,25,27H2,1-4H3,(H,42,43). The normalized spacial score (nSPS) is 11.1. The van der Waals surface area contributed by atoms with E-state index in [9.17, 15) is 19.5 Å². The molecule has 0 atom stereocenters. The second-order valence-corrected chi connectivity index (χ2v) is 12.4. The van der Waals surface area contributed by atoms with Gasteiger partial charge in [-0.25, -0.2) is 9.59 Å². The molecule has 0 aromatic heterocycles. The van der Waals surface area contributed by atoms with Crippen LogP contribution < -0.4 is 14.4 Å². The molecule has 0 fully saturated rings. The second-order valence-electron chi connectivity index (χ2n) is 12.4. The first-order valence-electron chi connectivity index (χ1n) is 15.8. The molecule has 7 heteroatoms. The highest BCUT2D eigenvalue weighted by atomic mass is 16.5. The Morgan fingerprint density at radius 1 is 0.717 bits per heavy atom. The van der Waals surface area contributed by atoms with E-state index in [0.29, 0.717) is 29.2 Å². The number of nitrogens with zero attached hydrogens (tertiary/aromatic N) is 1. The van der Waals surface area contributed by atoms with Gasteiger partial charge in [0.05, 0.1) is 24.3 Å². The molecular formula is C39H43NO6. The Morgan fingerprint density at radius 2 is 1.35 bits per heavy atom. The zero-order valence-corrected chi connectivity index (χ0v) is 27.1. The zero-order valence-electron chi connectivity index (χ0n) is 27.1. The highest BCUT2D eigenvalue weighted by Crippen LogP contribution is 2.26. The maximum atomic E-state index is 13.8. The highest BCUT2D eigenvalue weighted by Gasteiger charge is 2.21. The Kier molecular flexibility index (Phi) is 11.7. The Hall–Kier alpha value is -4.91. The van der Waals surface area contributed by atoms with Crippen LogP contribution in [-0.2, 0) is 12.0 Å². The number of anilines is 1. The molecule has 46 heavy (non-hydrogen) atoms. The largest absolute Gasteiger partial charge is 0.494 e. The Labute approximate surface area is 271 Å². The molecule has 0 aliphatic heterocycles. The molecule has 0 unspecified atom stereocenters. The van der Waals surface area contributed by atoms with Gasteiger partial charge in [0.1, 0.15) is 11.5 Å². The van der Waals surface area contributed by atoms with E-state index in [-0.39, 0.29) is 23.4 Å². The quantitative estimate of drug-likeness (QED) is 0.0858. The first kappa shape index (κ1) is 34.0. The summed E-state index contributed by atoms with van der Waals surface area (Å²) in [6, 6.07) is 27.6. The summed E-state index contributed by atoms with van der Waals surface area (Å²) >= 11 is 0. The number of ether oxygens (including phenoxy) is 2. The molecule has 0 spiro atoms. The van der Waals surface area contributed by atoms with Gasteiger partial charge in [0.25, 0.3) is 5.91 Å². The van der Waals surface area contributed by atoms with Crippen LogP contribution >= 0.6 is 0 Å². The van der Waals surface area contributed by atoms with Crippen molar-refractivity contribution in [1.29, 1.82) is 0 Å². The monoisotopic (exact) mass is 621 g/mol. The van der Waals surface area contributed by atoms with Crippen molar-refractivity contribution in [3.63, 3.8) is 0 Å². The molecule has 0 aliphatic carbocycles. The summed E-state index contributed by atoms with van der Waals surface area (Å²) in [4.78, 5) is 39.8. The van der Waals surface area contributed by atoms with Crippen molar-refractivity contribution < 1.29 is 29.0 Å². The minimum Gasteiger partial charge on any atom is -0.494 e. The third-order valence-corrected chi connectivity index (χ3v) is 7.73. The summed E-state index contributed by atoms with van der Waals surface area (Å²) in [5.41, 5.74) is 3.26. The number of aromatic carboxylic acids is 1. The smallest absolute Gasteiger partial charge is 0.343 e. The van der Waals surface area contributed by atoms with Crippen LogP contribution in [0.25, 0.3) is 0 Å². The lowest BCUT2D eigenvalue weighted by molar-refractivity contribution is 0.0694. The molecule has 4 rings (SSSR count). The number of benzene rings is 4. The molecule has 0 radical (unpaired) electrons. The van der Waals surface area contributed by atoms with Crippen LogP contribution in [0.15, 0.2) is 97.1 Å². The van der Waals surface area contributed by atoms with Crippen LogP contribution in [0.1, 0.15) is 102 Å². The van der Waals surface area contributed by atoms with Crippen LogP contribution in [0.5, 0.6) is 11.5 Å². The summed E-state index contributed by atoms with van der Waals surface area (Å²) in [5.74, 6) is -0.739. The highest BCUT2D eigenvalue weighted by molar-refractivity contribution is 6.06. The average molecular weight is 622 g/mol. The van der Waals surface area contributed by atoms with Crippen LogP contribution in [0.2, 0.25) is 0 Å². The van der Waals surface area contributed by atoms with Gasteiger partial charge in [-0.05, 0) is 89.7 Å². The molecule has 7 nitrogen and oxygen atoms in total. The molecule has 0 aliphatic rings.